The van der Waals surface area contributed by atoms with Gasteiger partial charge in [0.1, 0.15) is 6.61 Å². The maximum Gasteiger partial charge on any atom is 0.407 e. The molecule has 1 saturated heterocycles. The molecule has 1 aliphatic heterocycles. The molecule has 7 nitrogen and oxygen atoms in total. The van der Waals surface area contributed by atoms with E-state index in [1.54, 1.807) is 0 Å². The van der Waals surface area contributed by atoms with Gasteiger partial charge >= 0.3 is 12.2 Å². The summed E-state index contributed by atoms with van der Waals surface area (Å²) >= 11 is 3.61. The molecule has 29 heavy (non-hydrogen) atoms. The van der Waals surface area contributed by atoms with E-state index in [0.717, 1.165) is 21.3 Å². The zero-order valence-electron chi connectivity index (χ0n) is 16.0. The largest absolute Gasteiger partial charge is 0.465 e. The zero-order chi connectivity index (χ0) is 20.6. The van der Waals surface area contributed by atoms with Gasteiger partial charge in [-0.15, -0.1) is 0 Å². The quantitative estimate of drug-likeness (QED) is 0.684. The van der Waals surface area contributed by atoms with E-state index in [4.69, 9.17) is 9.84 Å². The van der Waals surface area contributed by atoms with Crippen LogP contribution >= 0.6 is 15.9 Å². The predicted molar refractivity (Wildman–Crippen MR) is 114 cm³/mol. The topological polar surface area (TPSA) is 82.1 Å². The Kier molecular flexibility index (Phi) is 7.35. The molecule has 0 aromatic heterocycles. The van der Waals surface area contributed by atoms with Crippen molar-refractivity contribution in [2.75, 3.05) is 37.6 Å². The van der Waals surface area contributed by atoms with Crippen LogP contribution in [0.2, 0.25) is 0 Å². The van der Waals surface area contributed by atoms with Crippen LogP contribution in [0.5, 0.6) is 0 Å². The number of piperazine rings is 1. The van der Waals surface area contributed by atoms with Crippen molar-refractivity contribution in [1.82, 2.24) is 10.2 Å². The van der Waals surface area contributed by atoms with Gasteiger partial charge in [0.05, 0.1) is 5.69 Å². The Morgan fingerprint density at radius 2 is 1.76 bits per heavy atom. The number of carbonyl (C=O) groups is 2. The van der Waals surface area contributed by atoms with Gasteiger partial charge in [-0.25, -0.2) is 9.59 Å². The normalized spacial score (nSPS) is 13.8. The number of hydrogen-bond acceptors (Lipinski definition) is 4. The third-order valence-corrected chi connectivity index (χ3v) is 5.43. The van der Waals surface area contributed by atoms with Crippen LogP contribution in [-0.4, -0.2) is 54.9 Å². The summed E-state index contributed by atoms with van der Waals surface area (Å²) in [6.07, 6.45) is -0.610. The lowest BCUT2D eigenvalue weighted by molar-refractivity contribution is 0.139. The summed E-state index contributed by atoms with van der Waals surface area (Å²) in [5.74, 6) is 0. The number of carboxylic acid groups (broad SMARTS) is 1. The Labute approximate surface area is 178 Å². The van der Waals surface area contributed by atoms with Crippen LogP contribution in [0, 0.1) is 0 Å². The fourth-order valence-corrected chi connectivity index (χ4v) is 3.86. The average Bonchev–Trinajstić information content (AvgIpc) is 2.73. The Hall–Kier alpha value is -2.74. The van der Waals surface area contributed by atoms with Crippen LogP contribution in [0.25, 0.3) is 0 Å². The van der Waals surface area contributed by atoms with Crippen molar-refractivity contribution >= 4 is 33.8 Å². The van der Waals surface area contributed by atoms with E-state index < -0.39 is 12.2 Å². The number of nitrogens with one attached hydrogen (secondary N) is 1. The molecule has 8 heteroatoms. The first-order valence-corrected chi connectivity index (χ1v) is 10.3. The minimum Gasteiger partial charge on any atom is -0.465 e. The second kappa shape index (κ2) is 10.2. The fourth-order valence-electron chi connectivity index (χ4n) is 3.18. The molecule has 2 amide bonds. The smallest absolute Gasteiger partial charge is 0.407 e. The molecule has 0 unspecified atom stereocenters. The van der Waals surface area contributed by atoms with Gasteiger partial charge in [0.2, 0.25) is 0 Å². The number of halogens is 1. The van der Waals surface area contributed by atoms with E-state index >= 15 is 0 Å². The van der Waals surface area contributed by atoms with E-state index in [-0.39, 0.29) is 6.61 Å². The highest BCUT2D eigenvalue weighted by Gasteiger charge is 2.21. The second-order valence-electron chi connectivity index (χ2n) is 6.78. The van der Waals surface area contributed by atoms with Crippen LogP contribution in [-0.2, 0) is 17.8 Å². The molecule has 0 bridgehead atoms. The summed E-state index contributed by atoms with van der Waals surface area (Å²) in [5, 5.41) is 11.8. The number of benzene rings is 2. The van der Waals surface area contributed by atoms with Crippen LogP contribution in [0.15, 0.2) is 53.0 Å². The van der Waals surface area contributed by atoms with E-state index in [1.165, 1.54) is 4.90 Å². The second-order valence-corrected chi connectivity index (χ2v) is 7.64. The summed E-state index contributed by atoms with van der Waals surface area (Å²) < 4.78 is 6.17. The minimum atomic E-state index is -0.867. The van der Waals surface area contributed by atoms with Gasteiger partial charge in [0, 0.05) is 37.2 Å². The Morgan fingerprint density at radius 1 is 1.03 bits per heavy atom. The van der Waals surface area contributed by atoms with E-state index in [0.29, 0.717) is 39.1 Å². The molecular formula is C21H24BrN3O4. The lowest BCUT2D eigenvalue weighted by atomic mass is 10.1. The molecule has 0 saturated carbocycles. The van der Waals surface area contributed by atoms with Gasteiger partial charge in [-0.1, -0.05) is 36.4 Å². The lowest BCUT2D eigenvalue weighted by Crippen LogP contribution is -2.48. The van der Waals surface area contributed by atoms with Crippen molar-refractivity contribution in [2.45, 2.75) is 13.0 Å². The van der Waals surface area contributed by atoms with Gasteiger partial charge in [-0.3, -0.25) is 0 Å². The molecule has 0 spiro atoms. The summed E-state index contributed by atoms with van der Waals surface area (Å²) in [6, 6.07) is 15.7. The van der Waals surface area contributed by atoms with Crippen molar-refractivity contribution in [1.29, 1.82) is 0 Å². The number of ether oxygens (including phenoxy) is 1. The molecule has 2 N–H and O–H groups in total. The van der Waals surface area contributed by atoms with Crippen molar-refractivity contribution in [3.05, 3.63) is 64.1 Å². The van der Waals surface area contributed by atoms with Gasteiger partial charge in [-0.05, 0) is 45.6 Å². The van der Waals surface area contributed by atoms with E-state index in [2.05, 4.69) is 26.1 Å². The number of carbonyl (C=O) groups excluding carboxylic acids is 1. The molecule has 2 aromatic carbocycles. The first-order chi connectivity index (χ1) is 14.0. The molecule has 1 fully saturated rings. The van der Waals surface area contributed by atoms with E-state index in [1.807, 2.05) is 48.5 Å². The Morgan fingerprint density at radius 3 is 2.41 bits per heavy atom. The zero-order valence-corrected chi connectivity index (χ0v) is 17.6. The molecule has 0 radical (unpaired) electrons. The van der Waals surface area contributed by atoms with Crippen LogP contribution < -0.4 is 10.2 Å². The highest BCUT2D eigenvalue weighted by molar-refractivity contribution is 9.10. The average molecular weight is 462 g/mol. The minimum absolute atomic E-state index is 0.252. The lowest BCUT2D eigenvalue weighted by Gasteiger charge is -2.35. The van der Waals surface area contributed by atoms with Gasteiger partial charge in [0.15, 0.2) is 0 Å². The Bertz CT molecular complexity index is 839. The fraction of sp³-hybridized carbons (Fsp3) is 0.333. The Balaban J connectivity index is 1.43. The highest BCUT2D eigenvalue weighted by Crippen LogP contribution is 2.28. The van der Waals surface area contributed by atoms with Crippen molar-refractivity contribution in [2.24, 2.45) is 0 Å². The highest BCUT2D eigenvalue weighted by atomic mass is 79.9. The summed E-state index contributed by atoms with van der Waals surface area (Å²) in [7, 11) is 0. The molecular weight excluding hydrogens is 438 g/mol. The van der Waals surface area contributed by atoms with Crippen molar-refractivity contribution in [3.8, 4) is 0 Å². The molecule has 0 atom stereocenters. The number of alkyl carbamates (subject to hydrolysis) is 1. The maximum atomic E-state index is 11.8. The third kappa shape index (κ3) is 6.12. The maximum absolute atomic E-state index is 11.8. The summed E-state index contributed by atoms with van der Waals surface area (Å²) in [5.41, 5.74) is 3.09. The number of amides is 2. The molecule has 1 heterocycles. The number of rotatable bonds is 6. The molecule has 0 aliphatic carbocycles. The predicted octanol–water partition coefficient (Wildman–Crippen LogP) is 3.72. The first-order valence-electron chi connectivity index (χ1n) is 9.49. The first kappa shape index (κ1) is 21.0. The van der Waals surface area contributed by atoms with Crippen molar-refractivity contribution < 1.29 is 19.4 Å². The van der Waals surface area contributed by atoms with Crippen LogP contribution in [0.3, 0.4) is 0 Å². The van der Waals surface area contributed by atoms with Crippen LogP contribution in [0.4, 0.5) is 15.3 Å². The van der Waals surface area contributed by atoms with Crippen molar-refractivity contribution in [3.63, 3.8) is 0 Å². The molecule has 2 aromatic rings. The van der Waals surface area contributed by atoms with Gasteiger partial charge in [0.25, 0.3) is 0 Å². The van der Waals surface area contributed by atoms with E-state index in [9.17, 15) is 9.59 Å². The summed E-state index contributed by atoms with van der Waals surface area (Å²) in [4.78, 5) is 26.4. The SMILES string of the molecule is O=C(NCCc1ccc(N2CCN(C(=O)O)CC2)c(Br)c1)OCc1ccccc1. The molecule has 154 valence electrons. The number of nitrogens with zero attached hydrogens (tertiary/aromatic N) is 2. The number of hydrogen-bond donors (Lipinski definition) is 2. The molecule has 1 aliphatic rings. The van der Waals surface area contributed by atoms with Crippen LogP contribution in [0.1, 0.15) is 11.1 Å². The molecule has 3 rings (SSSR count). The third-order valence-electron chi connectivity index (χ3n) is 4.80. The number of anilines is 1. The standard InChI is InChI=1S/C21H24BrN3O4/c22-18-14-16(6-7-19(18)24-10-12-25(13-11-24)21(27)28)8-9-23-20(26)29-15-17-4-2-1-3-5-17/h1-7,14H,8-13,15H2,(H,23,26)(H,27,28). The monoisotopic (exact) mass is 461 g/mol. The van der Waals surface area contributed by atoms with Gasteiger partial charge < -0.3 is 25.0 Å². The summed E-state index contributed by atoms with van der Waals surface area (Å²) in [6.45, 7) is 3.06. The van der Waals surface area contributed by atoms with Gasteiger partial charge in [-0.2, -0.15) is 0 Å².